The molecule has 1 aliphatic heterocycles. The van der Waals surface area contributed by atoms with Crippen LogP contribution in [0.1, 0.15) is 43.3 Å². The maximum absolute atomic E-state index is 5.60. The van der Waals surface area contributed by atoms with Crippen LogP contribution in [0.4, 0.5) is 0 Å². The molecule has 4 heteroatoms. The molecule has 0 aromatic carbocycles. The van der Waals surface area contributed by atoms with Gasteiger partial charge in [-0.25, -0.2) is 0 Å². The van der Waals surface area contributed by atoms with Crippen LogP contribution in [0.5, 0.6) is 0 Å². The molecule has 0 spiro atoms. The molecular weight excluding hydrogens is 188 g/mol. The molecule has 4 nitrogen and oxygen atoms in total. The molecule has 1 atom stereocenters. The quantitative estimate of drug-likeness (QED) is 0.804. The zero-order chi connectivity index (χ0) is 10.3. The minimum Gasteiger partial charge on any atom is -0.330 e. The van der Waals surface area contributed by atoms with Gasteiger partial charge in [-0.1, -0.05) is 0 Å². The highest BCUT2D eigenvalue weighted by atomic mass is 15.3. The van der Waals surface area contributed by atoms with Crippen molar-refractivity contribution in [2.75, 3.05) is 6.54 Å². The topological polar surface area (TPSA) is 56.7 Å². The first-order valence-corrected chi connectivity index (χ1v) is 6.00. The number of fused-ring (bicyclic) bond motifs is 1. The maximum Gasteiger partial charge on any atom is 0.136 e. The Kier molecular flexibility index (Phi) is 2.24. The first-order valence-electron chi connectivity index (χ1n) is 6.00. The van der Waals surface area contributed by atoms with Crippen molar-refractivity contribution in [2.45, 2.75) is 44.6 Å². The van der Waals surface area contributed by atoms with E-state index in [-0.39, 0.29) is 0 Å². The standard InChI is InChI=1S/C11H18N4/c12-5-3-8-4-6-15-10(7-8)13-14-11(15)9-1-2-9/h8-9H,1-7,12H2. The third kappa shape index (κ3) is 1.67. The van der Waals surface area contributed by atoms with Crippen molar-refractivity contribution >= 4 is 0 Å². The zero-order valence-corrected chi connectivity index (χ0v) is 9.02. The van der Waals surface area contributed by atoms with Gasteiger partial charge in [0.05, 0.1) is 0 Å². The van der Waals surface area contributed by atoms with Gasteiger partial charge >= 0.3 is 0 Å². The smallest absolute Gasteiger partial charge is 0.136 e. The highest BCUT2D eigenvalue weighted by Gasteiger charge is 2.32. The molecular formula is C11H18N4. The molecule has 2 heterocycles. The van der Waals surface area contributed by atoms with Crippen LogP contribution in [0, 0.1) is 5.92 Å². The lowest BCUT2D eigenvalue weighted by atomic mass is 9.94. The molecule has 82 valence electrons. The van der Waals surface area contributed by atoms with Gasteiger partial charge in [0, 0.05) is 18.9 Å². The lowest BCUT2D eigenvalue weighted by Gasteiger charge is -2.23. The third-order valence-electron chi connectivity index (χ3n) is 3.61. The summed E-state index contributed by atoms with van der Waals surface area (Å²) in [6.07, 6.45) is 6.08. The van der Waals surface area contributed by atoms with Gasteiger partial charge in [-0.15, -0.1) is 10.2 Å². The van der Waals surface area contributed by atoms with Crippen molar-refractivity contribution in [3.05, 3.63) is 11.6 Å². The first kappa shape index (κ1) is 9.33. The Bertz CT molecular complexity index is 353. The van der Waals surface area contributed by atoms with E-state index in [4.69, 9.17) is 5.73 Å². The van der Waals surface area contributed by atoms with Crippen LogP contribution in [-0.2, 0) is 13.0 Å². The van der Waals surface area contributed by atoms with Gasteiger partial charge in [0.1, 0.15) is 11.6 Å². The van der Waals surface area contributed by atoms with Crippen molar-refractivity contribution < 1.29 is 0 Å². The molecule has 1 aromatic rings. The fraction of sp³-hybridized carbons (Fsp3) is 0.818. The summed E-state index contributed by atoms with van der Waals surface area (Å²) in [4.78, 5) is 0. The minimum absolute atomic E-state index is 0.720. The van der Waals surface area contributed by atoms with E-state index < -0.39 is 0 Å². The Balaban J connectivity index is 1.79. The van der Waals surface area contributed by atoms with E-state index in [1.165, 1.54) is 30.9 Å². The number of hydrogen-bond acceptors (Lipinski definition) is 3. The van der Waals surface area contributed by atoms with Gasteiger partial charge in [-0.2, -0.15) is 0 Å². The monoisotopic (exact) mass is 206 g/mol. The molecule has 1 unspecified atom stereocenters. The molecule has 0 amide bonds. The highest BCUT2D eigenvalue weighted by molar-refractivity contribution is 5.10. The summed E-state index contributed by atoms with van der Waals surface area (Å²) in [6.45, 7) is 1.91. The van der Waals surface area contributed by atoms with Crippen LogP contribution >= 0.6 is 0 Å². The van der Waals surface area contributed by atoms with E-state index in [2.05, 4.69) is 14.8 Å². The summed E-state index contributed by atoms with van der Waals surface area (Å²) in [5, 5.41) is 8.66. The van der Waals surface area contributed by atoms with E-state index >= 15 is 0 Å². The Labute approximate surface area is 89.9 Å². The van der Waals surface area contributed by atoms with E-state index in [1.54, 1.807) is 0 Å². The second kappa shape index (κ2) is 3.59. The van der Waals surface area contributed by atoms with E-state index in [1.807, 2.05) is 0 Å². The lowest BCUT2D eigenvalue weighted by Crippen LogP contribution is -2.22. The predicted molar refractivity (Wildman–Crippen MR) is 57.5 cm³/mol. The minimum atomic E-state index is 0.720. The summed E-state index contributed by atoms with van der Waals surface area (Å²) in [7, 11) is 0. The van der Waals surface area contributed by atoms with E-state index in [9.17, 15) is 0 Å². The Morgan fingerprint density at radius 3 is 2.87 bits per heavy atom. The summed E-state index contributed by atoms with van der Waals surface area (Å²) in [5.41, 5.74) is 5.60. The Hall–Kier alpha value is -0.900. The molecule has 1 aliphatic carbocycles. The Morgan fingerprint density at radius 1 is 1.27 bits per heavy atom. The van der Waals surface area contributed by atoms with Gasteiger partial charge in [0.15, 0.2) is 0 Å². The molecule has 0 bridgehead atoms. The number of nitrogens with zero attached hydrogens (tertiary/aromatic N) is 3. The molecule has 3 rings (SSSR count). The Morgan fingerprint density at radius 2 is 2.13 bits per heavy atom. The molecule has 0 radical (unpaired) electrons. The van der Waals surface area contributed by atoms with Crippen molar-refractivity contribution in [1.29, 1.82) is 0 Å². The second-order valence-corrected chi connectivity index (χ2v) is 4.84. The van der Waals surface area contributed by atoms with E-state index in [0.29, 0.717) is 0 Å². The number of hydrogen-bond donors (Lipinski definition) is 1. The SMILES string of the molecule is NCCC1CCn2c(nnc2C2CC2)C1. The van der Waals surface area contributed by atoms with Crippen molar-refractivity contribution in [3.63, 3.8) is 0 Å². The fourth-order valence-electron chi connectivity index (χ4n) is 2.54. The van der Waals surface area contributed by atoms with Crippen LogP contribution in [0.3, 0.4) is 0 Å². The van der Waals surface area contributed by atoms with Crippen LogP contribution in [0.15, 0.2) is 0 Å². The molecule has 2 aliphatic rings. The van der Waals surface area contributed by atoms with Crippen molar-refractivity contribution in [2.24, 2.45) is 11.7 Å². The highest BCUT2D eigenvalue weighted by Crippen LogP contribution is 2.40. The first-order chi connectivity index (χ1) is 7.38. The second-order valence-electron chi connectivity index (χ2n) is 4.84. The average Bonchev–Trinajstić information content (AvgIpc) is 3.00. The summed E-state index contributed by atoms with van der Waals surface area (Å²) in [5.74, 6) is 3.90. The number of aromatic nitrogens is 3. The van der Waals surface area contributed by atoms with Gasteiger partial charge in [-0.05, 0) is 38.1 Å². The molecule has 1 saturated carbocycles. The normalized spacial score (nSPS) is 25.3. The van der Waals surface area contributed by atoms with Crippen LogP contribution in [0.2, 0.25) is 0 Å². The zero-order valence-electron chi connectivity index (χ0n) is 9.02. The lowest BCUT2D eigenvalue weighted by molar-refractivity contribution is 0.361. The van der Waals surface area contributed by atoms with Gasteiger partial charge in [-0.3, -0.25) is 0 Å². The predicted octanol–water partition coefficient (Wildman–Crippen LogP) is 1.07. The number of rotatable bonds is 3. The van der Waals surface area contributed by atoms with Crippen molar-refractivity contribution in [3.8, 4) is 0 Å². The van der Waals surface area contributed by atoms with E-state index in [0.717, 1.165) is 37.8 Å². The van der Waals surface area contributed by atoms with Gasteiger partial charge < -0.3 is 10.3 Å². The molecule has 1 fully saturated rings. The summed E-state index contributed by atoms with van der Waals surface area (Å²) < 4.78 is 2.35. The summed E-state index contributed by atoms with van der Waals surface area (Å²) in [6, 6.07) is 0. The van der Waals surface area contributed by atoms with Crippen molar-refractivity contribution in [1.82, 2.24) is 14.8 Å². The van der Waals surface area contributed by atoms with Gasteiger partial charge in [0.25, 0.3) is 0 Å². The van der Waals surface area contributed by atoms with Gasteiger partial charge in [0.2, 0.25) is 0 Å². The largest absolute Gasteiger partial charge is 0.330 e. The molecule has 15 heavy (non-hydrogen) atoms. The van der Waals surface area contributed by atoms with Crippen LogP contribution < -0.4 is 5.73 Å². The maximum atomic E-state index is 5.60. The molecule has 0 saturated heterocycles. The van der Waals surface area contributed by atoms with Crippen LogP contribution in [-0.4, -0.2) is 21.3 Å². The summed E-state index contributed by atoms with van der Waals surface area (Å²) >= 11 is 0. The van der Waals surface area contributed by atoms with Crippen LogP contribution in [0.25, 0.3) is 0 Å². The molecule has 1 aromatic heterocycles. The average molecular weight is 206 g/mol. The fourth-order valence-corrected chi connectivity index (χ4v) is 2.54. The molecule has 2 N–H and O–H groups in total. The number of nitrogens with two attached hydrogens (primary N) is 1. The third-order valence-corrected chi connectivity index (χ3v) is 3.61.